The van der Waals surface area contributed by atoms with Crippen molar-refractivity contribution in [3.63, 3.8) is 0 Å². The molecule has 2 aromatic carbocycles. The fourth-order valence-corrected chi connectivity index (χ4v) is 3.59. The second kappa shape index (κ2) is 5.24. The first-order valence-corrected chi connectivity index (χ1v) is 8.65. The summed E-state index contributed by atoms with van der Waals surface area (Å²) in [6.07, 6.45) is 0. The molecule has 2 heterocycles. The molecule has 0 fully saturated rings. The summed E-state index contributed by atoms with van der Waals surface area (Å²) in [7, 11) is 0. The van der Waals surface area contributed by atoms with Gasteiger partial charge in [-0.3, -0.25) is 4.79 Å². The van der Waals surface area contributed by atoms with Gasteiger partial charge in [-0.05, 0) is 23.1 Å². The SMILES string of the molecule is CC(C)(C)c1ccc(-c2nn3c(=O)c4ccccc4nc3s2)cc1. The Kier molecular flexibility index (Phi) is 3.28. The molecule has 0 N–H and O–H groups in total. The molecule has 0 saturated heterocycles. The van der Waals surface area contributed by atoms with Crippen molar-refractivity contribution in [2.24, 2.45) is 0 Å². The topological polar surface area (TPSA) is 47.3 Å². The summed E-state index contributed by atoms with van der Waals surface area (Å²) in [5.74, 6) is 0. The number of para-hydroxylation sites is 1. The van der Waals surface area contributed by atoms with E-state index in [4.69, 9.17) is 0 Å². The molecule has 0 unspecified atom stereocenters. The Hall–Kier alpha value is -2.53. The Bertz CT molecular complexity index is 1100. The molecule has 0 atom stereocenters. The summed E-state index contributed by atoms with van der Waals surface area (Å²) < 4.78 is 1.40. The van der Waals surface area contributed by atoms with Gasteiger partial charge in [0.1, 0.15) is 5.01 Å². The molecule has 2 aromatic heterocycles. The maximum atomic E-state index is 12.6. The lowest BCUT2D eigenvalue weighted by molar-refractivity contribution is 0.590. The van der Waals surface area contributed by atoms with Crippen molar-refractivity contribution in [3.8, 4) is 10.6 Å². The highest BCUT2D eigenvalue weighted by Gasteiger charge is 2.15. The molecule has 0 saturated carbocycles. The van der Waals surface area contributed by atoms with Gasteiger partial charge in [-0.25, -0.2) is 4.98 Å². The van der Waals surface area contributed by atoms with Gasteiger partial charge in [0.25, 0.3) is 5.56 Å². The predicted molar refractivity (Wildman–Crippen MR) is 98.8 cm³/mol. The standard InChI is InChI=1S/C19H17N3OS/c1-19(2,3)13-10-8-12(9-11-13)16-21-22-17(23)14-6-4-5-7-15(14)20-18(22)24-16/h4-11H,1-3H3. The molecule has 0 aliphatic heterocycles. The summed E-state index contributed by atoms with van der Waals surface area (Å²) in [6.45, 7) is 6.57. The molecule has 120 valence electrons. The van der Waals surface area contributed by atoms with Gasteiger partial charge < -0.3 is 0 Å². The molecule has 0 spiro atoms. The highest BCUT2D eigenvalue weighted by molar-refractivity contribution is 7.19. The van der Waals surface area contributed by atoms with E-state index in [0.717, 1.165) is 10.6 Å². The average Bonchev–Trinajstić information content (AvgIpc) is 2.99. The summed E-state index contributed by atoms with van der Waals surface area (Å²) >= 11 is 1.43. The van der Waals surface area contributed by atoms with Crippen LogP contribution in [0.5, 0.6) is 0 Å². The molecule has 0 aliphatic carbocycles. The zero-order valence-corrected chi connectivity index (χ0v) is 14.6. The van der Waals surface area contributed by atoms with Gasteiger partial charge in [0.05, 0.1) is 10.9 Å². The van der Waals surface area contributed by atoms with Crippen molar-refractivity contribution in [2.45, 2.75) is 26.2 Å². The van der Waals surface area contributed by atoms with Gasteiger partial charge >= 0.3 is 0 Å². The van der Waals surface area contributed by atoms with Crippen molar-refractivity contribution in [1.29, 1.82) is 0 Å². The van der Waals surface area contributed by atoms with Crippen LogP contribution in [0.4, 0.5) is 0 Å². The van der Waals surface area contributed by atoms with Gasteiger partial charge in [-0.15, -0.1) is 0 Å². The first-order valence-electron chi connectivity index (χ1n) is 7.83. The first kappa shape index (κ1) is 15.0. The number of benzene rings is 2. The van der Waals surface area contributed by atoms with Crippen molar-refractivity contribution in [2.75, 3.05) is 0 Å². The zero-order valence-electron chi connectivity index (χ0n) is 13.8. The third-order valence-electron chi connectivity index (χ3n) is 4.10. The van der Waals surface area contributed by atoms with Gasteiger partial charge in [-0.1, -0.05) is 68.5 Å². The van der Waals surface area contributed by atoms with E-state index in [1.54, 1.807) is 6.07 Å². The monoisotopic (exact) mass is 335 g/mol. The Balaban J connectivity index is 1.87. The van der Waals surface area contributed by atoms with Crippen LogP contribution in [0.25, 0.3) is 26.4 Å². The second-order valence-corrected chi connectivity index (χ2v) is 7.82. The van der Waals surface area contributed by atoms with E-state index in [2.05, 4.69) is 55.1 Å². The number of nitrogens with zero attached hydrogens (tertiary/aromatic N) is 3. The average molecular weight is 335 g/mol. The van der Waals surface area contributed by atoms with E-state index in [9.17, 15) is 4.79 Å². The van der Waals surface area contributed by atoms with Crippen molar-refractivity contribution in [1.82, 2.24) is 14.6 Å². The molecule has 4 rings (SSSR count). The van der Waals surface area contributed by atoms with Crippen molar-refractivity contribution in [3.05, 3.63) is 64.4 Å². The van der Waals surface area contributed by atoms with Crippen LogP contribution >= 0.6 is 11.3 Å². The Morgan fingerprint density at radius 2 is 1.71 bits per heavy atom. The van der Waals surface area contributed by atoms with Crippen LogP contribution in [0.1, 0.15) is 26.3 Å². The minimum atomic E-state index is -0.121. The lowest BCUT2D eigenvalue weighted by atomic mass is 9.87. The van der Waals surface area contributed by atoms with Crippen molar-refractivity contribution >= 4 is 27.2 Å². The summed E-state index contributed by atoms with van der Waals surface area (Å²) in [4.78, 5) is 17.8. The molecular weight excluding hydrogens is 318 g/mol. The highest BCUT2D eigenvalue weighted by atomic mass is 32.1. The van der Waals surface area contributed by atoms with Crippen LogP contribution in [0.3, 0.4) is 0 Å². The van der Waals surface area contributed by atoms with Gasteiger partial charge in [-0.2, -0.15) is 9.61 Å². The van der Waals surface area contributed by atoms with E-state index in [0.29, 0.717) is 15.9 Å². The molecule has 0 radical (unpaired) electrons. The van der Waals surface area contributed by atoms with E-state index >= 15 is 0 Å². The van der Waals surface area contributed by atoms with E-state index in [-0.39, 0.29) is 11.0 Å². The molecule has 4 aromatic rings. The molecule has 24 heavy (non-hydrogen) atoms. The van der Waals surface area contributed by atoms with Crippen LogP contribution in [-0.4, -0.2) is 14.6 Å². The maximum Gasteiger partial charge on any atom is 0.283 e. The molecule has 5 heteroatoms. The Morgan fingerprint density at radius 3 is 2.42 bits per heavy atom. The number of hydrogen-bond donors (Lipinski definition) is 0. The van der Waals surface area contributed by atoms with Crippen LogP contribution in [0, 0.1) is 0 Å². The molecule has 0 bridgehead atoms. The summed E-state index contributed by atoms with van der Waals surface area (Å²) in [5, 5.41) is 5.88. The highest BCUT2D eigenvalue weighted by Crippen LogP contribution is 2.28. The largest absolute Gasteiger partial charge is 0.283 e. The third-order valence-corrected chi connectivity index (χ3v) is 5.06. The first-order chi connectivity index (χ1) is 11.4. The lowest BCUT2D eigenvalue weighted by Gasteiger charge is -2.18. The fraction of sp³-hybridized carbons (Fsp3) is 0.211. The summed E-state index contributed by atoms with van der Waals surface area (Å²) in [6, 6.07) is 15.7. The molecule has 0 aliphatic rings. The third kappa shape index (κ3) is 2.41. The minimum Gasteiger partial charge on any atom is -0.267 e. The predicted octanol–water partition coefficient (Wildman–Crippen LogP) is 4.27. The van der Waals surface area contributed by atoms with Crippen LogP contribution < -0.4 is 5.56 Å². The van der Waals surface area contributed by atoms with Gasteiger partial charge in [0.15, 0.2) is 0 Å². The van der Waals surface area contributed by atoms with Crippen LogP contribution in [0.2, 0.25) is 0 Å². The van der Waals surface area contributed by atoms with Gasteiger partial charge in [0.2, 0.25) is 4.96 Å². The molecule has 0 amide bonds. The number of aromatic nitrogens is 3. The number of rotatable bonds is 1. The van der Waals surface area contributed by atoms with Crippen LogP contribution in [-0.2, 0) is 5.41 Å². The quantitative estimate of drug-likeness (QED) is 0.522. The maximum absolute atomic E-state index is 12.6. The second-order valence-electron chi connectivity index (χ2n) is 6.86. The van der Waals surface area contributed by atoms with Gasteiger partial charge in [0, 0.05) is 5.56 Å². The van der Waals surface area contributed by atoms with E-state index in [1.807, 2.05) is 18.2 Å². The lowest BCUT2D eigenvalue weighted by Crippen LogP contribution is -2.15. The minimum absolute atomic E-state index is 0.113. The molecule has 4 nitrogen and oxygen atoms in total. The Morgan fingerprint density at radius 1 is 1.00 bits per heavy atom. The Labute approximate surface area is 143 Å². The molecular formula is C19H17N3OS. The number of fused-ring (bicyclic) bond motifs is 2. The van der Waals surface area contributed by atoms with Crippen LogP contribution in [0.15, 0.2) is 53.3 Å². The smallest absolute Gasteiger partial charge is 0.267 e. The van der Waals surface area contributed by atoms with E-state index < -0.39 is 0 Å². The number of hydrogen-bond acceptors (Lipinski definition) is 4. The van der Waals surface area contributed by atoms with E-state index in [1.165, 1.54) is 21.4 Å². The zero-order chi connectivity index (χ0) is 16.9. The fourth-order valence-electron chi connectivity index (χ4n) is 2.68. The van der Waals surface area contributed by atoms with Crippen molar-refractivity contribution < 1.29 is 0 Å². The summed E-state index contributed by atoms with van der Waals surface area (Å²) in [5.41, 5.74) is 2.98. The normalized spacial score (nSPS) is 12.1.